The van der Waals surface area contributed by atoms with Crippen molar-refractivity contribution < 1.29 is 4.79 Å². The second-order valence-corrected chi connectivity index (χ2v) is 6.48. The van der Waals surface area contributed by atoms with Crippen molar-refractivity contribution in [3.05, 3.63) is 65.7 Å². The summed E-state index contributed by atoms with van der Waals surface area (Å²) >= 11 is 1.56. The highest BCUT2D eigenvalue weighted by molar-refractivity contribution is 7.13. The number of hydrogen-bond donors (Lipinski definition) is 0. The van der Waals surface area contributed by atoms with Crippen LogP contribution < -0.4 is 0 Å². The topological polar surface area (TPSA) is 85.7 Å². The van der Waals surface area contributed by atoms with E-state index in [0.29, 0.717) is 0 Å². The highest BCUT2D eigenvalue weighted by Crippen LogP contribution is 2.28. The van der Waals surface area contributed by atoms with Crippen molar-refractivity contribution in [2.24, 2.45) is 0 Å². The molecule has 3 aromatic rings. The summed E-state index contributed by atoms with van der Waals surface area (Å²) in [7, 11) is 0. The molecule has 0 aliphatic heterocycles. The van der Waals surface area contributed by atoms with Crippen LogP contribution in [0, 0.1) is 22.7 Å². The lowest BCUT2D eigenvalue weighted by Crippen LogP contribution is -2.30. The fourth-order valence-electron chi connectivity index (χ4n) is 2.48. The molecule has 2 aromatic heterocycles. The van der Waals surface area contributed by atoms with Gasteiger partial charge in [0.15, 0.2) is 0 Å². The monoisotopic (exact) mass is 373 g/mol. The lowest BCUT2D eigenvalue weighted by atomic mass is 10.2. The molecule has 0 unspecified atom stereocenters. The summed E-state index contributed by atoms with van der Waals surface area (Å²) in [6, 6.07) is 17.4. The molecular formula is C20H15N5OS. The third-order valence-electron chi connectivity index (χ3n) is 3.76. The van der Waals surface area contributed by atoms with Gasteiger partial charge in [0.05, 0.1) is 22.7 Å². The number of carbonyl (C=O) groups is 1. The first-order chi connectivity index (χ1) is 13.2. The average molecular weight is 373 g/mol. The summed E-state index contributed by atoms with van der Waals surface area (Å²) in [4.78, 5) is 14.5. The lowest BCUT2D eigenvalue weighted by Gasteiger charge is -2.12. The second kappa shape index (κ2) is 8.61. The van der Waals surface area contributed by atoms with Crippen molar-refractivity contribution in [3.63, 3.8) is 0 Å². The second-order valence-electron chi connectivity index (χ2n) is 5.53. The van der Waals surface area contributed by atoms with E-state index in [-0.39, 0.29) is 19.0 Å². The minimum absolute atomic E-state index is 0.127. The van der Waals surface area contributed by atoms with Gasteiger partial charge in [0.25, 0.3) is 0 Å². The zero-order valence-corrected chi connectivity index (χ0v) is 15.1. The van der Waals surface area contributed by atoms with Gasteiger partial charge in [-0.1, -0.05) is 24.3 Å². The van der Waals surface area contributed by atoms with E-state index in [9.17, 15) is 4.79 Å². The number of hydrogen-bond acceptors (Lipinski definition) is 5. The molecule has 7 heteroatoms. The van der Waals surface area contributed by atoms with Crippen LogP contribution in [0.15, 0.2) is 60.1 Å². The first-order valence-corrected chi connectivity index (χ1v) is 9.00. The molecule has 6 nitrogen and oxygen atoms in total. The third-order valence-corrected chi connectivity index (χ3v) is 4.63. The van der Waals surface area contributed by atoms with Crippen LogP contribution in [0.25, 0.3) is 22.3 Å². The lowest BCUT2D eigenvalue weighted by molar-refractivity contribution is -0.124. The van der Waals surface area contributed by atoms with Gasteiger partial charge in [-0.2, -0.15) is 15.6 Å². The van der Waals surface area contributed by atoms with Crippen molar-refractivity contribution in [2.45, 2.75) is 0 Å². The normalized spacial score (nSPS) is 10.4. The Hall–Kier alpha value is -3.68. The van der Waals surface area contributed by atoms with Gasteiger partial charge in [-0.25, -0.2) is 4.68 Å². The van der Waals surface area contributed by atoms with Crippen LogP contribution >= 0.6 is 11.3 Å². The summed E-state index contributed by atoms with van der Waals surface area (Å²) in [5, 5.41) is 24.2. The third kappa shape index (κ3) is 4.30. The van der Waals surface area contributed by atoms with E-state index in [4.69, 9.17) is 10.5 Å². The van der Waals surface area contributed by atoms with Crippen LogP contribution in [-0.2, 0) is 4.79 Å². The molecular weight excluding hydrogens is 358 g/mol. The molecule has 0 aliphatic rings. The van der Waals surface area contributed by atoms with Crippen LogP contribution in [0.4, 0.5) is 0 Å². The number of aromatic nitrogens is 2. The van der Waals surface area contributed by atoms with Gasteiger partial charge in [-0.3, -0.25) is 4.79 Å². The maximum Gasteiger partial charge on any atom is 0.248 e. The molecule has 1 amide bonds. The minimum Gasteiger partial charge on any atom is -0.313 e. The number of nitrogens with zero attached hydrogens (tertiary/aromatic N) is 5. The molecule has 1 aromatic carbocycles. The summed E-state index contributed by atoms with van der Waals surface area (Å²) in [5.41, 5.74) is 2.46. The van der Waals surface area contributed by atoms with Crippen LogP contribution in [0.3, 0.4) is 0 Å². The SMILES string of the molecule is N#CCN(CC#N)C(=O)/C=C/c1cn(-c2ccccc2)nc1-c1cccs1. The quantitative estimate of drug-likeness (QED) is 0.489. The predicted octanol–water partition coefficient (Wildman–Crippen LogP) is 3.49. The molecule has 0 spiro atoms. The standard InChI is InChI=1S/C20H15N5OS/c21-10-12-24(13-11-22)19(26)9-8-16-15-25(17-5-2-1-3-6-17)23-20(16)18-7-4-14-27-18/h1-9,14-15H,12-13H2/b9-8+. The Bertz CT molecular complexity index is 1010. The number of benzene rings is 1. The molecule has 0 fully saturated rings. The molecule has 3 rings (SSSR count). The molecule has 132 valence electrons. The Balaban J connectivity index is 1.94. The average Bonchev–Trinajstić information content (AvgIpc) is 3.36. The first-order valence-electron chi connectivity index (χ1n) is 8.13. The van der Waals surface area contributed by atoms with Crippen LogP contribution in [0.2, 0.25) is 0 Å². The Morgan fingerprint density at radius 3 is 2.52 bits per heavy atom. The number of nitriles is 2. The number of thiophene rings is 1. The Morgan fingerprint density at radius 2 is 1.89 bits per heavy atom. The minimum atomic E-state index is -0.386. The smallest absolute Gasteiger partial charge is 0.248 e. The largest absolute Gasteiger partial charge is 0.313 e. The number of rotatable bonds is 6. The van der Waals surface area contributed by atoms with Gasteiger partial charge in [-0.05, 0) is 29.7 Å². The van der Waals surface area contributed by atoms with Crippen molar-refractivity contribution in [1.82, 2.24) is 14.7 Å². The highest BCUT2D eigenvalue weighted by atomic mass is 32.1. The molecule has 0 atom stereocenters. The van der Waals surface area contributed by atoms with Crippen molar-refractivity contribution >= 4 is 23.3 Å². The van der Waals surface area contributed by atoms with Crippen LogP contribution in [0.1, 0.15) is 5.56 Å². The molecule has 0 saturated carbocycles. The zero-order chi connectivity index (χ0) is 19.1. The van der Waals surface area contributed by atoms with Gasteiger partial charge >= 0.3 is 0 Å². The Labute approximate surface area is 160 Å². The molecule has 0 saturated heterocycles. The van der Waals surface area contributed by atoms with Gasteiger partial charge in [0, 0.05) is 17.8 Å². The van der Waals surface area contributed by atoms with E-state index in [0.717, 1.165) is 21.8 Å². The van der Waals surface area contributed by atoms with Gasteiger partial charge in [0.1, 0.15) is 18.8 Å². The fourth-order valence-corrected chi connectivity index (χ4v) is 3.21. The fraction of sp³-hybridized carbons (Fsp3) is 0.100. The molecule has 0 aliphatic carbocycles. The first kappa shape index (κ1) is 18.1. The predicted molar refractivity (Wildman–Crippen MR) is 104 cm³/mol. The maximum atomic E-state index is 12.3. The van der Waals surface area contributed by atoms with E-state index >= 15 is 0 Å². The van der Waals surface area contributed by atoms with Crippen molar-refractivity contribution in [1.29, 1.82) is 10.5 Å². The summed E-state index contributed by atoms with van der Waals surface area (Å²) < 4.78 is 1.77. The van der Waals surface area contributed by atoms with E-state index in [1.54, 1.807) is 22.1 Å². The van der Waals surface area contributed by atoms with Gasteiger partial charge in [-0.15, -0.1) is 11.3 Å². The van der Waals surface area contributed by atoms with E-state index < -0.39 is 0 Å². The van der Waals surface area contributed by atoms with E-state index in [1.807, 2.05) is 66.2 Å². The van der Waals surface area contributed by atoms with Gasteiger partial charge < -0.3 is 4.90 Å². The van der Waals surface area contributed by atoms with E-state index in [2.05, 4.69) is 5.10 Å². The molecule has 0 bridgehead atoms. The van der Waals surface area contributed by atoms with Crippen LogP contribution in [0.5, 0.6) is 0 Å². The molecule has 27 heavy (non-hydrogen) atoms. The number of para-hydroxylation sites is 1. The molecule has 0 radical (unpaired) electrons. The Kier molecular flexibility index (Phi) is 5.78. The number of carbonyl (C=O) groups excluding carboxylic acids is 1. The summed E-state index contributed by atoms with van der Waals surface area (Å²) in [6.45, 7) is -0.254. The Morgan fingerprint density at radius 1 is 1.15 bits per heavy atom. The maximum absolute atomic E-state index is 12.3. The number of amides is 1. The summed E-state index contributed by atoms with van der Waals surface area (Å²) in [5.74, 6) is -0.386. The van der Waals surface area contributed by atoms with Gasteiger partial charge in [0.2, 0.25) is 5.91 Å². The molecule has 2 heterocycles. The van der Waals surface area contributed by atoms with E-state index in [1.165, 1.54) is 11.0 Å². The summed E-state index contributed by atoms with van der Waals surface area (Å²) in [6.07, 6.45) is 4.90. The van der Waals surface area contributed by atoms with Crippen LogP contribution in [-0.4, -0.2) is 33.7 Å². The molecule has 0 N–H and O–H groups in total. The van der Waals surface area contributed by atoms with Crippen molar-refractivity contribution in [3.8, 4) is 28.4 Å². The zero-order valence-electron chi connectivity index (χ0n) is 14.3. The van der Waals surface area contributed by atoms with Crippen molar-refractivity contribution in [2.75, 3.05) is 13.1 Å². The highest BCUT2D eigenvalue weighted by Gasteiger charge is 2.13.